The zero-order valence-corrected chi connectivity index (χ0v) is 39.7. The highest BCUT2D eigenvalue weighted by Gasteiger charge is 2.43. The van der Waals surface area contributed by atoms with E-state index in [4.69, 9.17) is 26.4 Å². The molecular weight excluding hydrogens is 950 g/mol. The Kier molecular flexibility index (Phi) is 11.8. The highest BCUT2D eigenvalue weighted by Crippen LogP contribution is 2.47. The molecule has 4 aliphatic heterocycles. The van der Waals surface area contributed by atoms with Gasteiger partial charge in [-0.25, -0.2) is 28.0 Å². The molecule has 358 valence electrons. The first-order valence-corrected chi connectivity index (χ1v) is 25.2. The maximum atomic E-state index is 14.1. The lowest BCUT2D eigenvalue weighted by atomic mass is 9.85. The normalized spacial score (nSPS) is 19.9. The molecule has 0 bridgehead atoms. The molecule has 7 heterocycles. The lowest BCUT2D eigenvalue weighted by molar-refractivity contribution is -0.139. The number of imidazole rings is 1. The molecule has 22 heteroatoms. The second-order valence-corrected chi connectivity index (χ2v) is 21.6. The number of sulfonamides is 1. The van der Waals surface area contributed by atoms with Gasteiger partial charge in [-0.2, -0.15) is 9.29 Å². The van der Waals surface area contributed by atoms with E-state index < -0.39 is 51.8 Å². The van der Waals surface area contributed by atoms with Crippen LogP contribution >= 0.6 is 22.9 Å². The number of hydrogen-bond donors (Lipinski definition) is 5. The molecule has 0 aliphatic carbocycles. The number of halogens is 1. The van der Waals surface area contributed by atoms with Crippen molar-refractivity contribution < 1.29 is 47.3 Å². The van der Waals surface area contributed by atoms with E-state index in [0.717, 1.165) is 40.5 Å². The van der Waals surface area contributed by atoms with Gasteiger partial charge in [0.25, 0.3) is 5.91 Å². The number of nitrogens with one attached hydrogen (secondary N) is 3. The summed E-state index contributed by atoms with van der Waals surface area (Å²) in [6.07, 6.45) is 4.58. The number of aromatic amines is 1. The van der Waals surface area contributed by atoms with E-state index in [1.807, 2.05) is 38.1 Å². The molecule has 19 nitrogen and oxygen atoms in total. The van der Waals surface area contributed by atoms with Crippen LogP contribution in [0.4, 0.5) is 17.3 Å². The van der Waals surface area contributed by atoms with Crippen LogP contribution in [0, 0.1) is 0 Å². The lowest BCUT2D eigenvalue weighted by Gasteiger charge is -2.44. The van der Waals surface area contributed by atoms with Gasteiger partial charge >= 0.3 is 11.9 Å². The van der Waals surface area contributed by atoms with Gasteiger partial charge in [0.2, 0.25) is 27.8 Å². The average molecular weight is 997 g/mol. The van der Waals surface area contributed by atoms with Crippen LogP contribution in [0.3, 0.4) is 0 Å². The van der Waals surface area contributed by atoms with Gasteiger partial charge in [0, 0.05) is 54.3 Å². The zero-order valence-electron chi connectivity index (χ0n) is 37.3. The summed E-state index contributed by atoms with van der Waals surface area (Å²) in [6.45, 7) is 4.60. The van der Waals surface area contributed by atoms with Gasteiger partial charge in [0.05, 0.1) is 16.8 Å². The van der Waals surface area contributed by atoms with E-state index in [2.05, 4.69) is 36.6 Å². The van der Waals surface area contributed by atoms with E-state index in [1.54, 1.807) is 35.4 Å². The number of hydrogen-bond acceptors (Lipinski definition) is 14. The number of imide groups is 1. The Balaban J connectivity index is 0.778. The molecule has 3 aromatic carbocycles. The molecule has 0 saturated carbocycles. The van der Waals surface area contributed by atoms with Crippen LogP contribution in [-0.2, 0) is 30.2 Å². The second kappa shape index (κ2) is 17.7. The van der Waals surface area contributed by atoms with Gasteiger partial charge < -0.3 is 30.2 Å². The van der Waals surface area contributed by atoms with Crippen LogP contribution in [0.2, 0.25) is 5.02 Å². The van der Waals surface area contributed by atoms with Gasteiger partial charge in [0.15, 0.2) is 22.9 Å². The number of aromatic carboxylic acids is 1. The predicted molar refractivity (Wildman–Crippen MR) is 258 cm³/mol. The molecule has 3 aromatic heterocycles. The molecule has 0 radical (unpaired) electrons. The van der Waals surface area contributed by atoms with Crippen molar-refractivity contribution in [2.45, 2.75) is 81.7 Å². The van der Waals surface area contributed by atoms with E-state index >= 15 is 0 Å². The molecule has 3 amide bonds. The monoisotopic (exact) mass is 995 g/mol. The van der Waals surface area contributed by atoms with E-state index in [1.165, 1.54) is 4.31 Å². The number of carboxylic acids is 2. The van der Waals surface area contributed by atoms with Crippen LogP contribution in [0.1, 0.15) is 89.7 Å². The number of nitrogens with zero attached hydrogens (tertiary/aromatic N) is 6. The SMILES string of the molecule is CC1(C)CC(Nc2cccc(-c3sc(C(=O)O)c(OCC(=O)O)c3Cl)c2)CCN1S(=O)(=O)Cc1ncc2[nH]c(N3CCC(c4ccc5c6c(cccc46)C(=O)N5C4CCC(=O)NC4=O)CC3)nc2n1. The summed E-state index contributed by atoms with van der Waals surface area (Å²) < 4.78 is 34.9. The number of aromatic nitrogens is 4. The number of benzene rings is 3. The van der Waals surface area contributed by atoms with E-state index in [0.29, 0.717) is 70.4 Å². The number of amides is 3. The molecule has 0 spiro atoms. The first kappa shape index (κ1) is 46.1. The number of carbonyl (C=O) groups excluding carboxylic acids is 3. The van der Waals surface area contributed by atoms with Crippen molar-refractivity contribution in [1.82, 2.24) is 29.6 Å². The molecule has 3 saturated heterocycles. The summed E-state index contributed by atoms with van der Waals surface area (Å²) in [5, 5.41) is 26.5. The lowest BCUT2D eigenvalue weighted by Crippen LogP contribution is -2.55. The first-order chi connectivity index (χ1) is 33.0. The van der Waals surface area contributed by atoms with E-state index in [-0.39, 0.29) is 64.6 Å². The second-order valence-electron chi connectivity index (χ2n) is 18.3. The number of carboxylic acid groups (broad SMARTS) is 2. The minimum atomic E-state index is -3.88. The van der Waals surface area contributed by atoms with Crippen molar-refractivity contribution in [3.63, 3.8) is 0 Å². The standard InChI is InChI=1S/C47H46ClN9O10S2/c1-47(2)20-27(50-26-6-3-5-25(19-26)40-38(48)39(67-22-36(59)60)41(68-40)45(63)64)15-18-56(47)69(65,66)23-34-49-21-31-42(52-34)54-46(51-31)55-16-13-24(14-17-55)28-9-10-32-37-29(28)7-4-8-30(37)44(62)57(32)33-11-12-35(58)53-43(33)61/h3-10,19,21,24,27,33,50H,11-18,20,22-23H2,1-2H3,(H,59,60)(H,63,64)(H,53,58,61)(H,49,51,52,54). The van der Waals surface area contributed by atoms with Crippen molar-refractivity contribution in [3.05, 3.63) is 87.6 Å². The van der Waals surface area contributed by atoms with Gasteiger partial charge in [-0.3, -0.25) is 24.6 Å². The molecule has 69 heavy (non-hydrogen) atoms. The third-order valence-corrected chi connectivity index (χ3v) is 17.0. The fourth-order valence-electron chi connectivity index (χ4n) is 10.3. The Morgan fingerprint density at radius 3 is 2.52 bits per heavy atom. The largest absolute Gasteiger partial charge is 0.479 e. The fourth-order valence-corrected chi connectivity index (χ4v) is 13.5. The summed E-state index contributed by atoms with van der Waals surface area (Å²) in [5.74, 6) is -3.28. The number of H-pyrrole nitrogens is 1. The average Bonchev–Trinajstić information content (AvgIpc) is 3.97. The Morgan fingerprint density at radius 2 is 1.78 bits per heavy atom. The van der Waals surface area contributed by atoms with Crippen LogP contribution in [0.5, 0.6) is 5.75 Å². The highest BCUT2D eigenvalue weighted by molar-refractivity contribution is 7.88. The number of fused-ring (bicyclic) bond motifs is 1. The molecule has 2 atom stereocenters. The molecule has 10 rings (SSSR count). The van der Waals surface area contributed by atoms with Crippen LogP contribution in [-0.4, -0.2) is 116 Å². The summed E-state index contributed by atoms with van der Waals surface area (Å²) in [4.78, 5) is 82.4. The van der Waals surface area contributed by atoms with Crippen LogP contribution in [0.15, 0.2) is 60.8 Å². The van der Waals surface area contributed by atoms with Crippen LogP contribution in [0.25, 0.3) is 32.4 Å². The van der Waals surface area contributed by atoms with Crippen molar-refractivity contribution in [3.8, 4) is 16.2 Å². The van der Waals surface area contributed by atoms with Crippen LogP contribution < -0.4 is 25.2 Å². The van der Waals surface area contributed by atoms with Crippen molar-refractivity contribution in [1.29, 1.82) is 0 Å². The predicted octanol–water partition coefficient (Wildman–Crippen LogP) is 6.38. The fraction of sp³-hybridized carbons (Fsp3) is 0.362. The van der Waals surface area contributed by atoms with Gasteiger partial charge in [-0.15, -0.1) is 11.3 Å². The third kappa shape index (κ3) is 8.61. The summed E-state index contributed by atoms with van der Waals surface area (Å²) in [6, 6.07) is 16.0. The van der Waals surface area contributed by atoms with Crippen molar-refractivity contribution in [2.75, 3.05) is 41.4 Å². The highest BCUT2D eigenvalue weighted by atomic mass is 35.5. The third-order valence-electron chi connectivity index (χ3n) is 13.4. The maximum absolute atomic E-state index is 14.1. The summed E-state index contributed by atoms with van der Waals surface area (Å²) >= 11 is 7.41. The molecule has 2 unspecified atom stereocenters. The Labute approximate surface area is 403 Å². The Hall–Kier alpha value is -6.68. The van der Waals surface area contributed by atoms with E-state index in [9.17, 15) is 37.5 Å². The number of anilines is 3. The minimum Gasteiger partial charge on any atom is -0.479 e. The first-order valence-electron chi connectivity index (χ1n) is 22.4. The molecule has 3 fully saturated rings. The Morgan fingerprint density at radius 1 is 1.00 bits per heavy atom. The maximum Gasteiger partial charge on any atom is 0.349 e. The van der Waals surface area contributed by atoms with Gasteiger partial charge in [-0.05, 0) is 92.6 Å². The zero-order chi connectivity index (χ0) is 48.5. The van der Waals surface area contributed by atoms with Gasteiger partial charge in [-0.1, -0.05) is 41.9 Å². The molecule has 6 aromatic rings. The minimum absolute atomic E-state index is 0.000681. The quantitative estimate of drug-likeness (QED) is 0.0787. The summed E-state index contributed by atoms with van der Waals surface area (Å²) in [5.41, 5.74) is 3.83. The summed E-state index contributed by atoms with van der Waals surface area (Å²) in [7, 11) is -3.88. The van der Waals surface area contributed by atoms with Gasteiger partial charge in [0.1, 0.15) is 28.2 Å². The number of piperidine rings is 3. The number of aliphatic carboxylic acids is 1. The van der Waals surface area contributed by atoms with Crippen molar-refractivity contribution in [2.24, 2.45) is 0 Å². The number of rotatable bonds is 13. The number of ether oxygens (including phenoxy) is 1. The topological polar surface area (TPSA) is 257 Å². The molecular formula is C47H46ClN9O10S2. The molecule has 5 N–H and O–H groups in total. The van der Waals surface area contributed by atoms with Crippen molar-refractivity contribution >= 4 is 102 Å². The Bertz CT molecular complexity index is 3240. The smallest absolute Gasteiger partial charge is 0.349 e. The number of carbonyl (C=O) groups is 5. The number of thiophene rings is 1. The molecule has 4 aliphatic rings.